The third-order valence-electron chi connectivity index (χ3n) is 13.1. The van der Waals surface area contributed by atoms with E-state index in [0.717, 1.165) is 74.2 Å². The second-order valence-corrected chi connectivity index (χ2v) is 18.2. The number of likely N-dealkylation sites (tertiary alicyclic amines) is 2. The third-order valence-corrected chi connectivity index (χ3v) is 13.1. The Morgan fingerprint density at radius 1 is 0.855 bits per heavy atom. The Morgan fingerprint density at radius 2 is 1.55 bits per heavy atom. The number of hydrogen-bond acceptors (Lipinski definition) is 10. The molecular weight excluding hydrogens is 789 g/mol. The first-order chi connectivity index (χ1) is 29.8. The van der Waals surface area contributed by atoms with Crippen LogP contribution in [0.4, 0.5) is 9.59 Å². The fourth-order valence-electron chi connectivity index (χ4n) is 9.92. The zero-order valence-corrected chi connectivity index (χ0v) is 36.9. The van der Waals surface area contributed by atoms with E-state index in [9.17, 15) is 19.5 Å². The van der Waals surface area contributed by atoms with Gasteiger partial charge in [0.15, 0.2) is 0 Å². The Labute approximate surface area is 361 Å². The zero-order chi connectivity index (χ0) is 44.0. The molecule has 3 aliphatic rings. The molecule has 2 aromatic heterocycles. The van der Waals surface area contributed by atoms with E-state index in [4.69, 9.17) is 24.2 Å². The SMILES string of the molecule is COCC1CC(c2nc3c4c(ccc3[nH]2)=CC(c2ccc3c(ccc5[nH]c(C6CC(C)CN6C(=O)C(NC(=O)OC)C(C)C)nc53)c2)CC=4)N(C(O)C(NC(=O)OC)C(C)C)C1. The van der Waals surface area contributed by atoms with Gasteiger partial charge in [0.25, 0.3) is 0 Å². The van der Waals surface area contributed by atoms with Crippen LogP contribution in [0.3, 0.4) is 0 Å². The van der Waals surface area contributed by atoms with Gasteiger partial charge in [-0.3, -0.25) is 9.69 Å². The lowest BCUT2D eigenvalue weighted by Crippen LogP contribution is -2.54. The van der Waals surface area contributed by atoms with Crippen molar-refractivity contribution >= 4 is 63.1 Å². The van der Waals surface area contributed by atoms with E-state index in [2.05, 4.69) is 82.1 Å². The molecule has 0 radical (unpaired) electrons. The maximum absolute atomic E-state index is 13.9. The van der Waals surface area contributed by atoms with E-state index >= 15 is 0 Å². The van der Waals surface area contributed by atoms with E-state index in [1.165, 1.54) is 19.8 Å². The number of aromatic nitrogens is 4. The lowest BCUT2D eigenvalue weighted by molar-refractivity contribution is -0.135. The Kier molecular flexibility index (Phi) is 12.3. The average Bonchev–Trinajstić information content (AvgIpc) is 4.08. The Morgan fingerprint density at radius 3 is 2.26 bits per heavy atom. The van der Waals surface area contributed by atoms with Crippen molar-refractivity contribution in [2.24, 2.45) is 23.7 Å². The molecule has 2 aliphatic heterocycles. The number of carbonyl (C=O) groups is 3. The highest BCUT2D eigenvalue weighted by molar-refractivity contribution is 6.04. The molecule has 0 spiro atoms. The van der Waals surface area contributed by atoms with Gasteiger partial charge in [0.05, 0.1) is 61.0 Å². The van der Waals surface area contributed by atoms with Gasteiger partial charge in [-0.15, -0.1) is 0 Å². The monoisotopic (exact) mass is 848 g/mol. The first-order valence-electron chi connectivity index (χ1n) is 21.8. The van der Waals surface area contributed by atoms with Gasteiger partial charge in [-0.1, -0.05) is 77.1 Å². The maximum Gasteiger partial charge on any atom is 0.407 e. The van der Waals surface area contributed by atoms with E-state index in [1.54, 1.807) is 7.11 Å². The number of nitrogens with zero attached hydrogens (tertiary/aromatic N) is 4. The molecule has 1 aliphatic carbocycles. The van der Waals surface area contributed by atoms with Crippen LogP contribution in [0.1, 0.15) is 89.1 Å². The summed E-state index contributed by atoms with van der Waals surface area (Å²) in [5.41, 5.74) is 4.82. The normalized spacial score (nSPS) is 23.0. The average molecular weight is 849 g/mol. The number of benzene rings is 3. The van der Waals surface area contributed by atoms with Gasteiger partial charge < -0.3 is 44.8 Å². The van der Waals surface area contributed by atoms with Gasteiger partial charge in [-0.2, -0.15) is 0 Å². The molecule has 15 nitrogen and oxygen atoms in total. The smallest absolute Gasteiger partial charge is 0.407 e. The van der Waals surface area contributed by atoms with Crippen LogP contribution in [-0.4, -0.2) is 112 Å². The van der Waals surface area contributed by atoms with Crippen molar-refractivity contribution in [1.29, 1.82) is 0 Å². The molecule has 8 rings (SSSR count). The Hall–Kier alpha value is -5.51. The first-order valence-corrected chi connectivity index (χ1v) is 21.8. The molecule has 0 bridgehead atoms. The summed E-state index contributed by atoms with van der Waals surface area (Å²) < 4.78 is 15.2. The van der Waals surface area contributed by atoms with Gasteiger partial charge in [0, 0.05) is 36.7 Å². The zero-order valence-electron chi connectivity index (χ0n) is 36.9. The van der Waals surface area contributed by atoms with Crippen LogP contribution >= 0.6 is 0 Å². The number of aromatic amines is 2. The number of carbonyl (C=O) groups excluding carboxylic acids is 3. The molecule has 62 heavy (non-hydrogen) atoms. The molecule has 2 fully saturated rings. The summed E-state index contributed by atoms with van der Waals surface area (Å²) in [4.78, 5) is 59.6. The molecule has 8 unspecified atom stereocenters. The molecule has 4 heterocycles. The van der Waals surface area contributed by atoms with Crippen molar-refractivity contribution in [2.75, 3.05) is 41.0 Å². The molecule has 3 aromatic carbocycles. The summed E-state index contributed by atoms with van der Waals surface area (Å²) in [6.07, 6.45) is 4.76. The number of fused-ring (bicyclic) bond motifs is 6. The number of aliphatic hydroxyl groups is 1. The van der Waals surface area contributed by atoms with E-state index in [1.807, 2.05) is 37.5 Å². The molecule has 2 saturated heterocycles. The number of rotatable bonds is 12. The van der Waals surface area contributed by atoms with E-state index in [0.29, 0.717) is 19.7 Å². The minimum Gasteiger partial charge on any atom is -0.453 e. The summed E-state index contributed by atoms with van der Waals surface area (Å²) in [6, 6.07) is 13.3. The first kappa shape index (κ1) is 43.2. The lowest BCUT2D eigenvalue weighted by atomic mass is 9.89. The van der Waals surface area contributed by atoms with Gasteiger partial charge >= 0.3 is 12.2 Å². The lowest BCUT2D eigenvalue weighted by Gasteiger charge is -2.35. The fourth-order valence-corrected chi connectivity index (χ4v) is 9.92. The topological polar surface area (TPSA) is 187 Å². The molecule has 0 saturated carbocycles. The van der Waals surface area contributed by atoms with Crippen LogP contribution in [0.2, 0.25) is 0 Å². The van der Waals surface area contributed by atoms with Crippen LogP contribution in [-0.2, 0) is 19.0 Å². The molecule has 5 N–H and O–H groups in total. The van der Waals surface area contributed by atoms with E-state index in [-0.39, 0.29) is 47.6 Å². The van der Waals surface area contributed by atoms with Crippen molar-refractivity contribution < 1.29 is 33.7 Å². The van der Waals surface area contributed by atoms with Crippen molar-refractivity contribution in [1.82, 2.24) is 40.4 Å². The maximum atomic E-state index is 13.9. The number of H-pyrrole nitrogens is 2. The molecule has 330 valence electrons. The molecule has 15 heteroatoms. The number of nitrogens with one attached hydrogen (secondary N) is 4. The Balaban J connectivity index is 1.05. The van der Waals surface area contributed by atoms with Crippen molar-refractivity contribution in [3.63, 3.8) is 0 Å². The highest BCUT2D eigenvalue weighted by Gasteiger charge is 2.43. The van der Waals surface area contributed by atoms with Crippen molar-refractivity contribution in [3.05, 3.63) is 70.1 Å². The third kappa shape index (κ3) is 8.25. The van der Waals surface area contributed by atoms with Crippen LogP contribution in [0.5, 0.6) is 0 Å². The fraction of sp³-hybridized carbons (Fsp3) is 0.511. The second kappa shape index (κ2) is 17.7. The number of hydrogen-bond donors (Lipinski definition) is 5. The summed E-state index contributed by atoms with van der Waals surface area (Å²) in [5, 5.41) is 21.7. The van der Waals surface area contributed by atoms with Crippen LogP contribution in [0, 0.1) is 23.7 Å². The summed E-state index contributed by atoms with van der Waals surface area (Å²) in [7, 11) is 4.32. The highest BCUT2D eigenvalue weighted by Crippen LogP contribution is 2.39. The number of amides is 3. The largest absolute Gasteiger partial charge is 0.453 e. The predicted octanol–water partition coefficient (Wildman–Crippen LogP) is 5.34. The summed E-state index contributed by atoms with van der Waals surface area (Å²) in [5.74, 6) is 1.83. The number of ether oxygens (including phenoxy) is 3. The predicted molar refractivity (Wildman–Crippen MR) is 237 cm³/mol. The highest BCUT2D eigenvalue weighted by atomic mass is 16.5. The van der Waals surface area contributed by atoms with Gasteiger partial charge in [-0.25, -0.2) is 19.6 Å². The standard InChI is InChI=1S/C47H60N8O7/c1-24(2)38(52-46(58)61-7)44(56)54-21-26(5)17-36(54)42-48-34-15-11-30-19-28(9-13-32(30)40(34)50-42)29-10-14-33-31(20-29)12-16-35-41(33)51-43(49-35)37-18-27(23-60-6)22-55(37)45(57)39(25(3)4)53-47(59)62-8/h9,11-16,19-20,24-27,29,36-39,45,57H,10,17-18,21-23H2,1-8H3,(H,48,50)(H,49,51)(H,52,58)(H,53,59). The van der Waals surface area contributed by atoms with Gasteiger partial charge in [0.1, 0.15) is 23.9 Å². The van der Waals surface area contributed by atoms with Gasteiger partial charge in [0.2, 0.25) is 5.91 Å². The summed E-state index contributed by atoms with van der Waals surface area (Å²) in [6.45, 7) is 11.6. The van der Waals surface area contributed by atoms with Gasteiger partial charge in [-0.05, 0) is 71.2 Å². The van der Waals surface area contributed by atoms with Crippen molar-refractivity contribution in [2.45, 2.75) is 90.2 Å². The number of alkyl carbamates (subject to hydrolysis) is 2. The summed E-state index contributed by atoms with van der Waals surface area (Å²) >= 11 is 0. The molecule has 5 aromatic rings. The number of imidazole rings is 2. The molecule has 3 amide bonds. The number of methoxy groups -OCH3 is 3. The quantitative estimate of drug-likeness (QED) is 0.110. The molecule has 8 atom stereocenters. The van der Waals surface area contributed by atoms with Crippen LogP contribution in [0.15, 0.2) is 42.5 Å². The van der Waals surface area contributed by atoms with Crippen LogP contribution in [0.25, 0.3) is 45.0 Å². The minimum absolute atomic E-state index is 0.0488. The second-order valence-electron chi connectivity index (χ2n) is 18.2. The Bertz CT molecular complexity index is 2600. The van der Waals surface area contributed by atoms with Crippen LogP contribution < -0.4 is 21.1 Å². The number of aliphatic hydroxyl groups excluding tert-OH is 1. The van der Waals surface area contributed by atoms with E-state index < -0.39 is 30.5 Å². The minimum atomic E-state index is -0.963. The van der Waals surface area contributed by atoms with Crippen molar-refractivity contribution in [3.8, 4) is 0 Å². The molecular formula is C47H60N8O7.